The van der Waals surface area contributed by atoms with E-state index in [2.05, 4.69) is 0 Å². The van der Waals surface area contributed by atoms with Crippen molar-refractivity contribution in [2.75, 3.05) is 0 Å². The van der Waals surface area contributed by atoms with Crippen LogP contribution in [0.5, 0.6) is 0 Å². The lowest BCUT2D eigenvalue weighted by atomic mass is 10.2. The lowest BCUT2D eigenvalue weighted by Gasteiger charge is -1.91. The molecule has 0 saturated heterocycles. The van der Waals surface area contributed by atoms with Crippen LogP contribution in [-0.4, -0.2) is 22.2 Å². The molecule has 0 amide bonds. The maximum absolute atomic E-state index is 10.1. The van der Waals surface area contributed by atoms with Gasteiger partial charge >= 0.3 is 11.9 Å². The third kappa shape index (κ3) is 2.57. The molecule has 0 aliphatic heterocycles. The van der Waals surface area contributed by atoms with Crippen molar-refractivity contribution in [3.05, 3.63) is 0 Å². The molecule has 1 saturated carbocycles. The van der Waals surface area contributed by atoms with E-state index in [4.69, 9.17) is 10.2 Å². The van der Waals surface area contributed by atoms with Gasteiger partial charge < -0.3 is 10.2 Å². The monoisotopic (exact) mass is 158 g/mol. The summed E-state index contributed by atoms with van der Waals surface area (Å²) < 4.78 is 0. The molecule has 62 valence electrons. The molecule has 1 aliphatic carbocycles. The van der Waals surface area contributed by atoms with Gasteiger partial charge in [0, 0.05) is 12.8 Å². The Labute approximate surface area is 63.8 Å². The van der Waals surface area contributed by atoms with Gasteiger partial charge in [-0.2, -0.15) is 0 Å². The average molecular weight is 158 g/mol. The fraction of sp³-hybridized carbons (Fsp3) is 0.714. The first kappa shape index (κ1) is 8.04. The maximum Gasteiger partial charge on any atom is 0.303 e. The van der Waals surface area contributed by atoms with Gasteiger partial charge in [-0.3, -0.25) is 9.59 Å². The lowest BCUT2D eigenvalue weighted by molar-refractivity contribution is -0.139. The second kappa shape index (κ2) is 2.90. The second-order valence-electron chi connectivity index (χ2n) is 2.95. The van der Waals surface area contributed by atoms with E-state index in [1.165, 1.54) is 0 Å². The summed E-state index contributed by atoms with van der Waals surface area (Å²) in [6, 6.07) is 0. The SMILES string of the molecule is O=C(O)C[C@H]1C[C@@H]1CC(=O)O. The largest absolute Gasteiger partial charge is 0.481 e. The van der Waals surface area contributed by atoms with Crippen LogP contribution in [0.3, 0.4) is 0 Å². The molecule has 0 aromatic rings. The quantitative estimate of drug-likeness (QED) is 0.627. The molecule has 0 bridgehead atoms. The molecule has 4 nitrogen and oxygen atoms in total. The molecule has 1 rings (SSSR count). The van der Waals surface area contributed by atoms with E-state index in [0.717, 1.165) is 6.42 Å². The number of rotatable bonds is 4. The number of hydrogen-bond acceptors (Lipinski definition) is 2. The summed E-state index contributed by atoms with van der Waals surface area (Å²) in [5.41, 5.74) is 0. The van der Waals surface area contributed by atoms with Gasteiger partial charge in [-0.15, -0.1) is 0 Å². The first-order valence-electron chi connectivity index (χ1n) is 3.53. The molecule has 2 N–H and O–H groups in total. The number of aliphatic carboxylic acids is 2. The van der Waals surface area contributed by atoms with E-state index in [0.29, 0.717) is 0 Å². The van der Waals surface area contributed by atoms with E-state index < -0.39 is 11.9 Å². The highest BCUT2D eigenvalue weighted by molar-refractivity contribution is 5.69. The van der Waals surface area contributed by atoms with E-state index in [1.807, 2.05) is 0 Å². The molecule has 0 spiro atoms. The summed E-state index contributed by atoms with van der Waals surface area (Å²) in [5.74, 6) is -1.43. The van der Waals surface area contributed by atoms with Gasteiger partial charge in [0.25, 0.3) is 0 Å². The third-order valence-corrected chi connectivity index (χ3v) is 1.94. The van der Waals surface area contributed by atoms with E-state index in [9.17, 15) is 9.59 Å². The molecule has 0 aromatic heterocycles. The standard InChI is InChI=1S/C7H10O4/c8-6(9)2-4-1-5(4)3-7(10)11/h4-5H,1-3H2,(H,8,9)(H,10,11)/t4-,5-/m1/s1. The summed E-state index contributed by atoms with van der Waals surface area (Å²) in [5, 5.41) is 16.7. The number of hydrogen-bond donors (Lipinski definition) is 2. The van der Waals surface area contributed by atoms with Gasteiger partial charge in [-0.05, 0) is 18.3 Å². The minimum absolute atomic E-state index is 0.114. The van der Waals surface area contributed by atoms with Crippen molar-refractivity contribution in [3.8, 4) is 0 Å². The van der Waals surface area contributed by atoms with Crippen LogP contribution in [0.25, 0.3) is 0 Å². The van der Waals surface area contributed by atoms with Crippen LogP contribution in [0, 0.1) is 11.8 Å². The van der Waals surface area contributed by atoms with Crippen LogP contribution < -0.4 is 0 Å². The fourth-order valence-electron chi connectivity index (χ4n) is 1.26. The molecule has 1 aliphatic rings. The van der Waals surface area contributed by atoms with E-state index >= 15 is 0 Å². The second-order valence-corrected chi connectivity index (χ2v) is 2.95. The summed E-state index contributed by atoms with van der Waals surface area (Å²) >= 11 is 0. The summed E-state index contributed by atoms with van der Waals surface area (Å²) in [6.45, 7) is 0. The average Bonchev–Trinajstić information content (AvgIpc) is 2.43. The zero-order valence-corrected chi connectivity index (χ0v) is 5.99. The highest BCUT2D eigenvalue weighted by Crippen LogP contribution is 2.43. The predicted octanol–water partition coefficient (Wildman–Crippen LogP) is 0.572. The first-order valence-corrected chi connectivity index (χ1v) is 3.53. The Morgan fingerprint density at radius 3 is 1.73 bits per heavy atom. The normalized spacial score (nSPS) is 28.0. The molecule has 4 heteroatoms. The Morgan fingerprint density at radius 2 is 1.45 bits per heavy atom. The van der Waals surface area contributed by atoms with Crippen LogP contribution in [0.4, 0.5) is 0 Å². The molecule has 11 heavy (non-hydrogen) atoms. The van der Waals surface area contributed by atoms with Gasteiger partial charge in [-0.25, -0.2) is 0 Å². The van der Waals surface area contributed by atoms with Crippen LogP contribution in [0.1, 0.15) is 19.3 Å². The summed E-state index contributed by atoms with van der Waals surface area (Å²) in [4.78, 5) is 20.3. The molecular weight excluding hydrogens is 148 g/mol. The minimum Gasteiger partial charge on any atom is -0.481 e. The van der Waals surface area contributed by atoms with Crippen LogP contribution in [0.2, 0.25) is 0 Å². The minimum atomic E-state index is -0.831. The van der Waals surface area contributed by atoms with Crippen molar-refractivity contribution < 1.29 is 19.8 Å². The highest BCUT2D eigenvalue weighted by Gasteiger charge is 2.39. The zero-order chi connectivity index (χ0) is 8.43. The lowest BCUT2D eigenvalue weighted by Crippen LogP contribution is -2.00. The van der Waals surface area contributed by atoms with Crippen molar-refractivity contribution in [1.82, 2.24) is 0 Å². The Bertz CT molecular complexity index is 167. The predicted molar refractivity (Wildman–Crippen MR) is 36.1 cm³/mol. The van der Waals surface area contributed by atoms with Crippen molar-refractivity contribution in [3.63, 3.8) is 0 Å². The van der Waals surface area contributed by atoms with Gasteiger partial charge in [0.1, 0.15) is 0 Å². The maximum atomic E-state index is 10.1. The molecule has 0 heterocycles. The van der Waals surface area contributed by atoms with Gasteiger partial charge in [-0.1, -0.05) is 0 Å². The van der Waals surface area contributed by atoms with Crippen LogP contribution in [-0.2, 0) is 9.59 Å². The molecular formula is C7H10O4. The molecule has 0 aromatic carbocycles. The Morgan fingerprint density at radius 1 is 1.09 bits per heavy atom. The molecule has 1 fully saturated rings. The third-order valence-electron chi connectivity index (χ3n) is 1.94. The van der Waals surface area contributed by atoms with Crippen molar-refractivity contribution in [2.24, 2.45) is 11.8 Å². The van der Waals surface area contributed by atoms with Crippen LogP contribution in [0.15, 0.2) is 0 Å². The number of carboxylic acids is 2. The smallest absolute Gasteiger partial charge is 0.303 e. The Balaban J connectivity index is 2.16. The van der Waals surface area contributed by atoms with E-state index in [1.54, 1.807) is 0 Å². The van der Waals surface area contributed by atoms with Crippen molar-refractivity contribution in [1.29, 1.82) is 0 Å². The Kier molecular flexibility index (Phi) is 2.12. The molecule has 2 atom stereocenters. The summed E-state index contributed by atoms with van der Waals surface area (Å²) in [6.07, 6.45) is 1.01. The first-order chi connectivity index (χ1) is 5.09. The zero-order valence-electron chi connectivity index (χ0n) is 5.99. The molecule has 0 unspecified atom stereocenters. The van der Waals surface area contributed by atoms with E-state index in [-0.39, 0.29) is 24.7 Å². The number of carbonyl (C=O) groups is 2. The van der Waals surface area contributed by atoms with Gasteiger partial charge in [0.05, 0.1) is 0 Å². The molecule has 0 radical (unpaired) electrons. The highest BCUT2D eigenvalue weighted by atomic mass is 16.4. The topological polar surface area (TPSA) is 74.6 Å². The Hall–Kier alpha value is -1.06. The van der Waals surface area contributed by atoms with Crippen LogP contribution >= 0.6 is 0 Å². The summed E-state index contributed by atoms with van der Waals surface area (Å²) in [7, 11) is 0. The van der Waals surface area contributed by atoms with Gasteiger partial charge in [0.15, 0.2) is 0 Å². The van der Waals surface area contributed by atoms with Gasteiger partial charge in [0.2, 0.25) is 0 Å². The fourth-order valence-corrected chi connectivity index (χ4v) is 1.26. The number of carboxylic acid groups (broad SMARTS) is 2. The van der Waals surface area contributed by atoms with Crippen molar-refractivity contribution in [2.45, 2.75) is 19.3 Å². The van der Waals surface area contributed by atoms with Crippen molar-refractivity contribution >= 4 is 11.9 Å².